The predicted octanol–water partition coefficient (Wildman–Crippen LogP) is 11.9. The highest BCUT2D eigenvalue weighted by Gasteiger charge is 2.26. The minimum atomic E-state index is 0.544. The van der Waals surface area contributed by atoms with E-state index in [0.717, 1.165) is 17.1 Å². The van der Waals surface area contributed by atoms with Crippen molar-refractivity contribution in [3.63, 3.8) is 0 Å². The van der Waals surface area contributed by atoms with E-state index in [0.29, 0.717) is 11.8 Å². The predicted molar refractivity (Wildman–Crippen MR) is 182 cm³/mol. The van der Waals surface area contributed by atoms with Crippen molar-refractivity contribution in [2.75, 3.05) is 0 Å². The second-order valence-corrected chi connectivity index (χ2v) is 13.4. The number of aromatic amines is 1. The Hall–Kier alpha value is -3.21. The maximum Gasteiger partial charge on any atom is 0.0799 e. The zero-order valence-corrected chi connectivity index (χ0v) is 26.3. The van der Waals surface area contributed by atoms with Gasteiger partial charge in [-0.1, -0.05) is 102 Å². The molecular weight excluding hydrogens is 537 g/mol. The minimum Gasteiger partial charge on any atom is -0.354 e. The Kier molecular flexibility index (Phi) is 8.41. The molecule has 0 aliphatic carbocycles. The molecule has 4 heterocycles. The summed E-state index contributed by atoms with van der Waals surface area (Å²) in [7, 11) is 0. The van der Waals surface area contributed by atoms with Crippen LogP contribution in [0.5, 0.6) is 0 Å². The van der Waals surface area contributed by atoms with Gasteiger partial charge in [-0.3, -0.25) is 0 Å². The molecule has 0 radical (unpaired) electrons. The normalized spacial score (nSPS) is 15.4. The van der Waals surface area contributed by atoms with E-state index in [9.17, 15) is 0 Å². The van der Waals surface area contributed by atoms with E-state index < -0.39 is 0 Å². The number of hydrogen-bond donors (Lipinski definition) is 1. The highest BCUT2D eigenvalue weighted by Crippen LogP contribution is 2.42. The molecule has 0 saturated heterocycles. The molecule has 2 atom stereocenters. The topological polar surface area (TPSA) is 28.1 Å². The first-order chi connectivity index (χ1) is 20.1. The first-order valence-electron chi connectivity index (χ1n) is 15.3. The number of fused-ring (bicyclic) bond motifs is 2. The molecule has 6 rings (SSSR count). The standard InChI is InChI=1S/C37H40N2S2/c1-5-7-13-24(3)36-30(19-21-40-36)34-28-17-11-9-15-26(28)32(38-34)23-33-27-16-10-12-18-29(27)35(39-33)31-20-22-41-37(31)25(4)14-8-6-2/h9-12,15-25,38H,5-8,13-14H2,1-4H3. The van der Waals surface area contributed by atoms with Crippen molar-refractivity contribution in [1.29, 1.82) is 0 Å². The van der Waals surface area contributed by atoms with Crippen LogP contribution in [0.15, 0.2) is 76.4 Å². The lowest BCUT2D eigenvalue weighted by molar-refractivity contribution is 0.631. The van der Waals surface area contributed by atoms with Crippen LogP contribution < -0.4 is 0 Å². The van der Waals surface area contributed by atoms with Crippen molar-refractivity contribution in [2.24, 2.45) is 4.99 Å². The van der Waals surface area contributed by atoms with Crippen molar-refractivity contribution in [3.05, 3.63) is 104 Å². The van der Waals surface area contributed by atoms with Crippen LogP contribution in [-0.2, 0) is 0 Å². The molecule has 3 aromatic heterocycles. The van der Waals surface area contributed by atoms with E-state index in [1.54, 1.807) is 0 Å². The number of nitrogens with zero attached hydrogens (tertiary/aromatic N) is 1. The Bertz CT molecular complexity index is 1710. The molecule has 0 bridgehead atoms. The van der Waals surface area contributed by atoms with Crippen LogP contribution in [0.1, 0.15) is 110 Å². The quantitative estimate of drug-likeness (QED) is 0.162. The Morgan fingerprint density at radius 2 is 1.29 bits per heavy atom. The highest BCUT2D eigenvalue weighted by atomic mass is 32.1. The van der Waals surface area contributed by atoms with E-state index in [1.165, 1.54) is 87.0 Å². The molecule has 5 aromatic rings. The van der Waals surface area contributed by atoms with Gasteiger partial charge in [0.1, 0.15) is 0 Å². The molecule has 0 fully saturated rings. The van der Waals surface area contributed by atoms with Gasteiger partial charge >= 0.3 is 0 Å². The Morgan fingerprint density at radius 3 is 1.98 bits per heavy atom. The van der Waals surface area contributed by atoms with Crippen molar-refractivity contribution in [1.82, 2.24) is 4.98 Å². The number of benzene rings is 2. The largest absolute Gasteiger partial charge is 0.354 e. The number of nitrogens with one attached hydrogen (secondary N) is 1. The van der Waals surface area contributed by atoms with Gasteiger partial charge in [-0.15, -0.1) is 22.7 Å². The maximum atomic E-state index is 5.34. The molecule has 4 heteroatoms. The summed E-state index contributed by atoms with van der Waals surface area (Å²) >= 11 is 3.78. The van der Waals surface area contributed by atoms with E-state index in [2.05, 4.69) is 110 Å². The summed E-state index contributed by atoms with van der Waals surface area (Å²) in [6.07, 6.45) is 9.73. The zero-order valence-electron chi connectivity index (χ0n) is 24.7. The first kappa shape index (κ1) is 27.9. The van der Waals surface area contributed by atoms with Crippen molar-refractivity contribution >= 4 is 50.9 Å². The van der Waals surface area contributed by atoms with Gasteiger partial charge in [0.2, 0.25) is 0 Å². The van der Waals surface area contributed by atoms with Crippen LogP contribution in [0.25, 0.3) is 33.8 Å². The maximum absolute atomic E-state index is 5.34. The number of thiophene rings is 2. The lowest BCUT2D eigenvalue weighted by atomic mass is 9.94. The molecule has 0 saturated carbocycles. The molecule has 210 valence electrons. The van der Waals surface area contributed by atoms with Crippen molar-refractivity contribution < 1.29 is 0 Å². The number of aliphatic imine (C=N–C) groups is 1. The fourth-order valence-corrected chi connectivity index (χ4v) is 8.22. The lowest BCUT2D eigenvalue weighted by Gasteiger charge is -2.12. The second kappa shape index (κ2) is 12.3. The summed E-state index contributed by atoms with van der Waals surface area (Å²) < 4.78 is 0. The van der Waals surface area contributed by atoms with Crippen LogP contribution >= 0.6 is 22.7 Å². The average Bonchev–Trinajstić information content (AvgIpc) is 3.80. The first-order valence-corrected chi connectivity index (χ1v) is 17.0. The number of aromatic nitrogens is 1. The van der Waals surface area contributed by atoms with Crippen molar-refractivity contribution in [3.8, 4) is 11.3 Å². The van der Waals surface area contributed by atoms with Crippen LogP contribution in [0.2, 0.25) is 0 Å². The number of hydrogen-bond acceptors (Lipinski definition) is 3. The molecule has 0 amide bonds. The van der Waals surface area contributed by atoms with E-state index >= 15 is 0 Å². The summed E-state index contributed by atoms with van der Waals surface area (Å²) in [5.74, 6) is 1.10. The smallest absolute Gasteiger partial charge is 0.0799 e. The average molecular weight is 577 g/mol. The van der Waals surface area contributed by atoms with Gasteiger partial charge in [0.05, 0.1) is 17.1 Å². The van der Waals surface area contributed by atoms with Gasteiger partial charge in [-0.05, 0) is 53.6 Å². The van der Waals surface area contributed by atoms with Crippen LogP contribution in [0.4, 0.5) is 0 Å². The van der Waals surface area contributed by atoms with E-state index in [1.807, 2.05) is 22.7 Å². The molecule has 1 N–H and O–H groups in total. The third-order valence-electron chi connectivity index (χ3n) is 8.51. The monoisotopic (exact) mass is 576 g/mol. The summed E-state index contributed by atoms with van der Waals surface area (Å²) in [5, 5.41) is 7.02. The molecule has 2 unspecified atom stereocenters. The van der Waals surface area contributed by atoms with E-state index in [-0.39, 0.29) is 0 Å². The summed E-state index contributed by atoms with van der Waals surface area (Å²) in [6.45, 7) is 9.31. The SMILES string of the molecule is CCCCC(C)c1sccc1C1=NC(=Cc2[nH]c(-c3ccsc3C(C)CCCC)c3ccccc23)c2ccccc21. The van der Waals surface area contributed by atoms with Gasteiger partial charge in [0.25, 0.3) is 0 Å². The third-order valence-corrected chi connectivity index (χ3v) is 10.8. The van der Waals surface area contributed by atoms with Crippen LogP contribution in [0.3, 0.4) is 0 Å². The number of rotatable bonds is 11. The number of H-pyrrole nitrogens is 1. The molecular formula is C37H40N2S2. The second-order valence-electron chi connectivity index (χ2n) is 11.5. The molecule has 1 aliphatic rings. The third kappa shape index (κ3) is 5.40. The molecule has 2 aromatic carbocycles. The Morgan fingerprint density at radius 1 is 0.707 bits per heavy atom. The highest BCUT2D eigenvalue weighted by molar-refractivity contribution is 7.10. The Labute approximate surface area is 252 Å². The number of unbranched alkanes of at least 4 members (excludes halogenated alkanes) is 2. The summed E-state index contributed by atoms with van der Waals surface area (Å²) in [6, 6.07) is 22.1. The molecule has 1 aliphatic heterocycles. The van der Waals surface area contributed by atoms with Gasteiger partial charge in [-0.25, -0.2) is 4.99 Å². The van der Waals surface area contributed by atoms with E-state index in [4.69, 9.17) is 4.99 Å². The summed E-state index contributed by atoms with van der Waals surface area (Å²) in [4.78, 5) is 12.2. The van der Waals surface area contributed by atoms with Gasteiger partial charge in [-0.2, -0.15) is 0 Å². The van der Waals surface area contributed by atoms with Crippen LogP contribution in [-0.4, -0.2) is 10.7 Å². The lowest BCUT2D eigenvalue weighted by Crippen LogP contribution is -2.04. The molecule has 41 heavy (non-hydrogen) atoms. The van der Waals surface area contributed by atoms with Crippen LogP contribution in [0, 0.1) is 0 Å². The molecule has 0 spiro atoms. The minimum absolute atomic E-state index is 0.544. The molecule has 2 nitrogen and oxygen atoms in total. The van der Waals surface area contributed by atoms with Gasteiger partial charge < -0.3 is 4.98 Å². The fourth-order valence-electron chi connectivity index (χ4n) is 6.23. The van der Waals surface area contributed by atoms with Crippen molar-refractivity contribution in [2.45, 2.75) is 78.1 Å². The van der Waals surface area contributed by atoms with Gasteiger partial charge in [0, 0.05) is 48.5 Å². The zero-order chi connectivity index (χ0) is 28.3. The van der Waals surface area contributed by atoms with Gasteiger partial charge in [0.15, 0.2) is 0 Å². The fraction of sp³-hybridized carbons (Fsp3) is 0.324. The summed E-state index contributed by atoms with van der Waals surface area (Å²) in [5.41, 5.74) is 9.61. The Balaban J connectivity index is 1.44.